The van der Waals surface area contributed by atoms with Crippen molar-refractivity contribution >= 4 is 35.6 Å². The molecule has 0 atom stereocenters. The van der Waals surface area contributed by atoms with E-state index in [1.54, 1.807) is 0 Å². The van der Waals surface area contributed by atoms with Gasteiger partial charge in [-0.3, -0.25) is 6.08 Å². The van der Waals surface area contributed by atoms with Crippen LogP contribution in [0.2, 0.25) is 0 Å². The van der Waals surface area contributed by atoms with Crippen LogP contribution in [0.15, 0.2) is 48.1 Å². The average Bonchev–Trinajstić information content (AvgIpc) is 2.90. The molecule has 0 unspecified atom stereocenters. The van der Waals surface area contributed by atoms with Crippen molar-refractivity contribution in [3.63, 3.8) is 0 Å². The summed E-state index contributed by atoms with van der Waals surface area (Å²) in [5, 5.41) is 2.75. The van der Waals surface area contributed by atoms with Crippen LogP contribution in [0.3, 0.4) is 0 Å². The largest absolute Gasteiger partial charge is 2.00 e. The van der Waals surface area contributed by atoms with Gasteiger partial charge in [-0.15, -0.1) is 65.8 Å². The Balaban J connectivity index is 0. The molecule has 0 saturated carbocycles. The summed E-state index contributed by atoms with van der Waals surface area (Å²) in [6, 6.07) is 10.9. The van der Waals surface area contributed by atoms with Crippen LogP contribution in [0.4, 0.5) is 0 Å². The zero-order valence-electron chi connectivity index (χ0n) is 12.1. The Hall–Kier alpha value is -0.227. The van der Waals surface area contributed by atoms with Crippen LogP contribution in [-0.4, -0.2) is 0 Å². The Morgan fingerprint density at radius 3 is 2.30 bits per heavy atom. The van der Waals surface area contributed by atoms with Crippen molar-refractivity contribution in [1.29, 1.82) is 0 Å². The van der Waals surface area contributed by atoms with E-state index in [1.165, 1.54) is 27.5 Å². The summed E-state index contributed by atoms with van der Waals surface area (Å²) in [6.45, 7) is 6.34. The first kappa shape index (κ1) is 22.1. The molecule has 0 fully saturated rings. The number of hydrogen-bond donors (Lipinski definition) is 0. The van der Waals surface area contributed by atoms with Gasteiger partial charge in [0.05, 0.1) is 0 Å². The van der Waals surface area contributed by atoms with Crippen molar-refractivity contribution in [1.82, 2.24) is 0 Å². The number of aryl methyl sites for hydroxylation is 2. The van der Waals surface area contributed by atoms with Crippen molar-refractivity contribution in [2.45, 2.75) is 27.2 Å². The molecule has 0 nitrogen and oxygen atoms in total. The summed E-state index contributed by atoms with van der Waals surface area (Å²) in [5.74, 6) is 0. The third kappa shape index (κ3) is 6.04. The predicted octanol–water partition coefficient (Wildman–Crippen LogP) is 5.71. The van der Waals surface area contributed by atoms with Crippen molar-refractivity contribution in [3.05, 3.63) is 65.3 Å². The number of hydrogen-bond acceptors (Lipinski definition) is 0. The van der Waals surface area contributed by atoms with E-state index in [9.17, 15) is 0 Å². The van der Waals surface area contributed by atoms with Crippen molar-refractivity contribution in [3.8, 4) is 0 Å². The topological polar surface area (TPSA) is 0 Å². The maximum absolute atomic E-state index is 3.12. The van der Waals surface area contributed by atoms with Crippen LogP contribution in [0.5, 0.6) is 0 Å². The minimum atomic E-state index is 0. The summed E-state index contributed by atoms with van der Waals surface area (Å²) in [7, 11) is 0. The first-order valence-corrected chi connectivity index (χ1v) is 6.03. The van der Waals surface area contributed by atoms with Gasteiger partial charge >= 0.3 is 26.2 Å². The molecular weight excluding hydrogens is 366 g/mol. The Labute approximate surface area is 153 Å². The molecule has 0 aliphatic heterocycles. The molecule has 0 heterocycles. The van der Waals surface area contributed by atoms with E-state index in [4.69, 9.17) is 0 Å². The molecule has 2 aromatic rings. The Bertz CT molecular complexity index is 577. The summed E-state index contributed by atoms with van der Waals surface area (Å²) in [4.78, 5) is 0. The first-order chi connectivity index (χ1) is 8.16. The number of allylic oxidation sites excluding steroid dienone is 4. The summed E-state index contributed by atoms with van der Waals surface area (Å²) in [6.07, 6.45) is 8.33. The van der Waals surface area contributed by atoms with Crippen LogP contribution in [0.25, 0.3) is 10.8 Å². The number of halogens is 2. The fraction of sp³-hybridized carbons (Fsp3) is 0.235. The van der Waals surface area contributed by atoms with Gasteiger partial charge in [-0.1, -0.05) is 19.4 Å². The van der Waals surface area contributed by atoms with Gasteiger partial charge in [0.25, 0.3) is 0 Å². The molecule has 3 heteroatoms. The summed E-state index contributed by atoms with van der Waals surface area (Å²) in [5.41, 5.74) is 3.98. The second-order valence-corrected chi connectivity index (χ2v) is 4.57. The third-order valence-corrected chi connectivity index (χ3v) is 3.01. The van der Waals surface area contributed by atoms with Gasteiger partial charge in [0.2, 0.25) is 0 Å². The molecule has 0 bridgehead atoms. The SMILES string of the molecule is CC1=[C-]CC=C1.Cc1ccc2c(cc[c-]2C)c1.Cl.Cl.[Zr+2]. The van der Waals surface area contributed by atoms with E-state index >= 15 is 0 Å². The molecule has 1 aliphatic rings. The normalized spacial score (nSPS) is 11.4. The van der Waals surface area contributed by atoms with E-state index in [1.807, 2.05) is 0 Å². The monoisotopic (exact) mass is 384 g/mol. The standard InChI is InChI=1S/C11H11.C6H7.2ClH.Zr/c1-8-3-6-11-9(2)4-5-10(11)7-8;1-6-4-2-3-5-6;;;/h3-7H,1-2H3;2,4H,3H2,1H3;2*1H;/q2*-1;;;+2. The van der Waals surface area contributed by atoms with Crippen molar-refractivity contribution in [2.75, 3.05) is 0 Å². The molecule has 1 aliphatic carbocycles. The van der Waals surface area contributed by atoms with E-state index in [0.29, 0.717) is 0 Å². The van der Waals surface area contributed by atoms with Crippen molar-refractivity contribution in [2.24, 2.45) is 0 Å². The Morgan fingerprint density at radius 2 is 1.80 bits per heavy atom. The van der Waals surface area contributed by atoms with E-state index in [2.05, 4.69) is 69.3 Å². The maximum atomic E-state index is 3.12. The molecule has 106 valence electrons. The molecule has 0 N–H and O–H groups in total. The molecule has 0 aromatic heterocycles. The molecule has 20 heavy (non-hydrogen) atoms. The fourth-order valence-electron chi connectivity index (χ4n) is 2.00. The maximum Gasteiger partial charge on any atom is 2.00 e. The minimum Gasteiger partial charge on any atom is -0.270 e. The van der Waals surface area contributed by atoms with Crippen molar-refractivity contribution < 1.29 is 26.2 Å². The van der Waals surface area contributed by atoms with Gasteiger partial charge in [-0.05, 0) is 6.92 Å². The predicted molar refractivity (Wildman–Crippen MR) is 89.7 cm³/mol. The van der Waals surface area contributed by atoms with Gasteiger partial charge < -0.3 is 0 Å². The fourth-order valence-corrected chi connectivity index (χ4v) is 2.00. The molecule has 0 saturated heterocycles. The van der Waals surface area contributed by atoms with Gasteiger partial charge in [-0.2, -0.15) is 18.2 Å². The van der Waals surface area contributed by atoms with E-state index < -0.39 is 0 Å². The molecule has 0 radical (unpaired) electrons. The molecule has 0 spiro atoms. The average molecular weight is 386 g/mol. The Kier molecular flexibility index (Phi) is 11.6. The van der Waals surface area contributed by atoms with Crippen LogP contribution < -0.4 is 0 Å². The van der Waals surface area contributed by atoms with Crippen LogP contribution in [0, 0.1) is 19.9 Å². The van der Waals surface area contributed by atoms with Gasteiger partial charge in [0.15, 0.2) is 0 Å². The molecule has 3 rings (SSSR count). The number of rotatable bonds is 0. The molecule has 0 amide bonds. The zero-order chi connectivity index (χ0) is 12.3. The smallest absolute Gasteiger partial charge is 0.270 e. The number of fused-ring (bicyclic) bond motifs is 1. The van der Waals surface area contributed by atoms with E-state index in [-0.39, 0.29) is 51.0 Å². The summed E-state index contributed by atoms with van der Waals surface area (Å²) >= 11 is 0. The van der Waals surface area contributed by atoms with Gasteiger partial charge in [-0.25, -0.2) is 11.6 Å². The minimum absolute atomic E-state index is 0. The quantitative estimate of drug-likeness (QED) is 0.509. The molecule has 2 aromatic carbocycles. The van der Waals surface area contributed by atoms with Gasteiger partial charge in [0.1, 0.15) is 0 Å². The summed E-state index contributed by atoms with van der Waals surface area (Å²) < 4.78 is 0. The molecular formula is C17H20Cl2Zr. The van der Waals surface area contributed by atoms with Crippen LogP contribution in [-0.2, 0) is 26.2 Å². The second-order valence-electron chi connectivity index (χ2n) is 4.57. The van der Waals surface area contributed by atoms with E-state index in [0.717, 1.165) is 6.42 Å². The van der Waals surface area contributed by atoms with Crippen LogP contribution in [0.1, 0.15) is 24.5 Å². The second kappa shape index (κ2) is 10.5. The third-order valence-electron chi connectivity index (χ3n) is 3.01. The Morgan fingerprint density at radius 1 is 1.10 bits per heavy atom. The zero-order valence-corrected chi connectivity index (χ0v) is 16.2. The first-order valence-electron chi connectivity index (χ1n) is 6.03. The number of benzene rings is 1. The van der Waals surface area contributed by atoms with Gasteiger partial charge in [0, 0.05) is 0 Å². The van der Waals surface area contributed by atoms with Crippen LogP contribution >= 0.6 is 24.8 Å².